The predicted molar refractivity (Wildman–Crippen MR) is 77.8 cm³/mol. The summed E-state index contributed by atoms with van der Waals surface area (Å²) < 4.78 is 5.19. The van der Waals surface area contributed by atoms with Crippen LogP contribution in [0.1, 0.15) is 18.4 Å². The number of nitrogens with zero attached hydrogens (tertiary/aromatic N) is 1. The van der Waals surface area contributed by atoms with Crippen molar-refractivity contribution < 1.29 is 4.74 Å². The van der Waals surface area contributed by atoms with Crippen LogP contribution in [-0.4, -0.2) is 37.7 Å². The molecule has 3 nitrogen and oxygen atoms in total. The number of nitrogens with one attached hydrogen (secondary N) is 1. The fraction of sp³-hybridized carbons (Fsp3) is 0.600. The molecule has 2 atom stereocenters. The molecule has 0 bridgehead atoms. The molecule has 1 aromatic carbocycles. The molecule has 0 saturated carbocycles. The van der Waals surface area contributed by atoms with E-state index in [0.717, 1.165) is 24.3 Å². The first-order chi connectivity index (χ1) is 9.26. The molecule has 0 amide bonds. The molecule has 2 heterocycles. The summed E-state index contributed by atoms with van der Waals surface area (Å²) in [7, 11) is 1.65. The van der Waals surface area contributed by atoms with Crippen molar-refractivity contribution in [1.29, 1.82) is 0 Å². The number of ether oxygens (including phenoxy) is 1. The summed E-state index contributed by atoms with van der Waals surface area (Å²) in [6, 6.07) is 6.86. The molecule has 0 aliphatic carbocycles. The summed E-state index contributed by atoms with van der Waals surface area (Å²) in [6.45, 7) is 4.57. The summed E-state index contributed by atoms with van der Waals surface area (Å²) in [5.74, 6) is 1.59. The summed E-state index contributed by atoms with van der Waals surface area (Å²) in [5.41, 5.74) is 1.27. The van der Waals surface area contributed by atoms with E-state index in [9.17, 15) is 0 Å². The highest BCUT2D eigenvalue weighted by molar-refractivity contribution is 6.32. The van der Waals surface area contributed by atoms with Crippen LogP contribution in [0.4, 0.5) is 0 Å². The number of halogens is 1. The van der Waals surface area contributed by atoms with Crippen molar-refractivity contribution in [2.45, 2.75) is 25.4 Å². The van der Waals surface area contributed by atoms with Gasteiger partial charge >= 0.3 is 0 Å². The van der Waals surface area contributed by atoms with Crippen LogP contribution < -0.4 is 10.1 Å². The van der Waals surface area contributed by atoms with E-state index in [2.05, 4.69) is 16.3 Å². The second-order valence-corrected chi connectivity index (χ2v) is 6.01. The van der Waals surface area contributed by atoms with Gasteiger partial charge in [0.1, 0.15) is 5.75 Å². The summed E-state index contributed by atoms with van der Waals surface area (Å²) >= 11 is 6.18. The molecule has 1 N–H and O–H groups in total. The molecule has 0 spiro atoms. The molecule has 0 aromatic heterocycles. The van der Waals surface area contributed by atoms with E-state index < -0.39 is 0 Å². The topological polar surface area (TPSA) is 24.5 Å². The van der Waals surface area contributed by atoms with E-state index in [1.54, 1.807) is 7.11 Å². The highest BCUT2D eigenvalue weighted by atomic mass is 35.5. The van der Waals surface area contributed by atoms with Crippen LogP contribution >= 0.6 is 11.6 Å². The lowest BCUT2D eigenvalue weighted by atomic mass is 9.93. The van der Waals surface area contributed by atoms with E-state index in [1.165, 1.54) is 38.0 Å². The number of methoxy groups -OCH3 is 1. The van der Waals surface area contributed by atoms with Crippen molar-refractivity contribution in [2.24, 2.45) is 5.92 Å². The minimum Gasteiger partial charge on any atom is -0.495 e. The van der Waals surface area contributed by atoms with Gasteiger partial charge in [-0.05, 0) is 49.5 Å². The van der Waals surface area contributed by atoms with Gasteiger partial charge in [-0.1, -0.05) is 17.7 Å². The number of hydrogen-bond acceptors (Lipinski definition) is 3. The minimum atomic E-state index is 0.706. The fourth-order valence-corrected chi connectivity index (χ4v) is 3.61. The van der Waals surface area contributed by atoms with Crippen LogP contribution in [0.3, 0.4) is 0 Å². The lowest BCUT2D eigenvalue weighted by Crippen LogP contribution is -2.43. The molecule has 2 aliphatic rings. The van der Waals surface area contributed by atoms with Crippen LogP contribution in [0.5, 0.6) is 5.75 Å². The molecule has 0 radical (unpaired) electrons. The molecule has 3 rings (SSSR count). The average Bonchev–Trinajstić information content (AvgIpc) is 2.86. The zero-order chi connectivity index (χ0) is 13.2. The lowest BCUT2D eigenvalue weighted by molar-refractivity contribution is 0.156. The number of benzene rings is 1. The van der Waals surface area contributed by atoms with Crippen molar-refractivity contribution >= 4 is 11.6 Å². The van der Waals surface area contributed by atoms with Crippen LogP contribution in [0.15, 0.2) is 18.2 Å². The van der Waals surface area contributed by atoms with E-state index in [4.69, 9.17) is 16.3 Å². The van der Waals surface area contributed by atoms with Crippen molar-refractivity contribution in [3.05, 3.63) is 28.8 Å². The highest BCUT2D eigenvalue weighted by Crippen LogP contribution is 2.28. The molecular formula is C15H21ClN2O. The molecular weight excluding hydrogens is 260 g/mol. The third kappa shape index (κ3) is 2.88. The van der Waals surface area contributed by atoms with Crippen LogP contribution in [0.2, 0.25) is 5.02 Å². The van der Waals surface area contributed by atoms with Crippen LogP contribution in [0.25, 0.3) is 0 Å². The third-order valence-corrected chi connectivity index (χ3v) is 4.66. The second kappa shape index (κ2) is 5.70. The smallest absolute Gasteiger partial charge is 0.137 e. The van der Waals surface area contributed by atoms with Gasteiger partial charge in [0.2, 0.25) is 0 Å². The van der Waals surface area contributed by atoms with Crippen molar-refractivity contribution in [1.82, 2.24) is 10.2 Å². The van der Waals surface area contributed by atoms with Crippen LogP contribution in [0, 0.1) is 5.92 Å². The SMILES string of the molecule is COc1ccc(CN2CCC3NCCC3C2)cc1Cl. The van der Waals surface area contributed by atoms with E-state index in [1.807, 2.05) is 12.1 Å². The van der Waals surface area contributed by atoms with Gasteiger partial charge in [0.15, 0.2) is 0 Å². The highest BCUT2D eigenvalue weighted by Gasteiger charge is 2.32. The number of rotatable bonds is 3. The van der Waals surface area contributed by atoms with Crippen molar-refractivity contribution in [3.63, 3.8) is 0 Å². The van der Waals surface area contributed by atoms with Gasteiger partial charge in [-0.2, -0.15) is 0 Å². The van der Waals surface area contributed by atoms with Gasteiger partial charge in [-0.25, -0.2) is 0 Å². The average molecular weight is 281 g/mol. The lowest BCUT2D eigenvalue weighted by Gasteiger charge is -2.34. The first-order valence-electron chi connectivity index (χ1n) is 7.04. The largest absolute Gasteiger partial charge is 0.495 e. The van der Waals surface area contributed by atoms with Gasteiger partial charge in [-0.3, -0.25) is 4.90 Å². The Balaban J connectivity index is 1.63. The summed E-state index contributed by atoms with van der Waals surface area (Å²) in [4.78, 5) is 2.55. The van der Waals surface area contributed by atoms with E-state index in [-0.39, 0.29) is 0 Å². The molecule has 19 heavy (non-hydrogen) atoms. The zero-order valence-electron chi connectivity index (χ0n) is 11.4. The Morgan fingerprint density at radius 1 is 1.42 bits per heavy atom. The standard InChI is InChI=1S/C15H21ClN2O/c1-19-15-3-2-11(8-13(15)16)9-18-7-5-14-12(10-18)4-6-17-14/h2-3,8,12,14,17H,4-7,9-10H2,1H3. The Bertz CT molecular complexity index is 452. The summed E-state index contributed by atoms with van der Waals surface area (Å²) in [5, 5.41) is 4.31. The number of piperidine rings is 1. The number of hydrogen-bond donors (Lipinski definition) is 1. The van der Waals surface area contributed by atoms with E-state index >= 15 is 0 Å². The molecule has 2 fully saturated rings. The monoisotopic (exact) mass is 280 g/mol. The van der Waals surface area contributed by atoms with Gasteiger partial charge in [0, 0.05) is 19.1 Å². The van der Waals surface area contributed by atoms with Crippen LogP contribution in [-0.2, 0) is 6.54 Å². The third-order valence-electron chi connectivity index (χ3n) is 4.36. The minimum absolute atomic E-state index is 0.706. The Labute approximate surface area is 119 Å². The van der Waals surface area contributed by atoms with Crippen molar-refractivity contribution in [2.75, 3.05) is 26.7 Å². The Morgan fingerprint density at radius 2 is 2.32 bits per heavy atom. The summed E-state index contributed by atoms with van der Waals surface area (Å²) in [6.07, 6.45) is 2.60. The van der Waals surface area contributed by atoms with Gasteiger partial charge in [0.05, 0.1) is 12.1 Å². The maximum absolute atomic E-state index is 6.18. The molecule has 2 saturated heterocycles. The van der Waals surface area contributed by atoms with Gasteiger partial charge in [0.25, 0.3) is 0 Å². The molecule has 2 unspecified atom stereocenters. The fourth-order valence-electron chi connectivity index (χ4n) is 3.33. The Hall–Kier alpha value is -0.770. The van der Waals surface area contributed by atoms with Gasteiger partial charge < -0.3 is 10.1 Å². The molecule has 4 heteroatoms. The quantitative estimate of drug-likeness (QED) is 0.921. The Kier molecular flexibility index (Phi) is 3.96. The normalized spacial score (nSPS) is 27.3. The van der Waals surface area contributed by atoms with Crippen molar-refractivity contribution in [3.8, 4) is 5.75 Å². The van der Waals surface area contributed by atoms with Gasteiger partial charge in [-0.15, -0.1) is 0 Å². The Morgan fingerprint density at radius 3 is 3.11 bits per heavy atom. The first kappa shape index (κ1) is 13.2. The maximum Gasteiger partial charge on any atom is 0.137 e. The first-order valence-corrected chi connectivity index (χ1v) is 7.42. The zero-order valence-corrected chi connectivity index (χ0v) is 12.1. The number of fused-ring (bicyclic) bond motifs is 1. The predicted octanol–water partition coefficient (Wildman–Crippen LogP) is 2.53. The number of likely N-dealkylation sites (tertiary alicyclic amines) is 1. The molecule has 2 aliphatic heterocycles. The second-order valence-electron chi connectivity index (χ2n) is 5.60. The maximum atomic E-state index is 6.18. The van der Waals surface area contributed by atoms with E-state index in [0.29, 0.717) is 5.02 Å². The molecule has 104 valence electrons. The molecule has 1 aromatic rings.